The fourth-order valence-corrected chi connectivity index (χ4v) is 2.10. The first-order chi connectivity index (χ1) is 9.26. The number of carbonyl (C=O) groups is 1. The van der Waals surface area contributed by atoms with Crippen LogP contribution in [0.3, 0.4) is 0 Å². The summed E-state index contributed by atoms with van der Waals surface area (Å²) in [4.78, 5) is 25.0. The minimum atomic E-state index is -4.92. The Labute approximate surface area is 120 Å². The number of halogens is 4. The third kappa shape index (κ3) is 4.87. The molecule has 0 aliphatic rings. The zero-order valence-corrected chi connectivity index (χ0v) is 11.9. The Bertz CT molecular complexity index is 541. The number of aromatic nitrogens is 1. The Hall–Kier alpha value is -1.51. The van der Waals surface area contributed by atoms with Crippen LogP contribution in [0.4, 0.5) is 13.2 Å². The van der Waals surface area contributed by atoms with Crippen LogP contribution in [0.1, 0.15) is 18.2 Å². The van der Waals surface area contributed by atoms with Gasteiger partial charge in [0.2, 0.25) is 0 Å². The number of pyridine rings is 1. The molecule has 1 rings (SSSR count). The van der Waals surface area contributed by atoms with Crippen LogP contribution in [0.15, 0.2) is 10.9 Å². The van der Waals surface area contributed by atoms with Crippen LogP contribution in [-0.4, -0.2) is 23.9 Å². The third-order valence-corrected chi connectivity index (χ3v) is 2.74. The molecule has 1 N–H and O–H groups in total. The first-order valence-corrected chi connectivity index (χ1v) is 6.61. The number of aromatic amines is 1. The second-order valence-electron chi connectivity index (χ2n) is 3.62. The normalized spacial score (nSPS) is 11.2. The highest BCUT2D eigenvalue weighted by molar-refractivity contribution is 9.08. The SMILES string of the molecule is CCOC(=O)Cc1[nH]c(=O)cc(OC(F)(F)F)c1CBr. The van der Waals surface area contributed by atoms with Gasteiger partial charge in [-0.2, -0.15) is 0 Å². The van der Waals surface area contributed by atoms with Gasteiger partial charge in [-0.1, -0.05) is 15.9 Å². The number of esters is 1. The molecular weight excluding hydrogens is 347 g/mol. The van der Waals surface area contributed by atoms with Gasteiger partial charge in [-0.05, 0) is 6.92 Å². The Balaban J connectivity index is 3.17. The highest BCUT2D eigenvalue weighted by atomic mass is 79.9. The molecule has 0 radical (unpaired) electrons. The van der Waals surface area contributed by atoms with Crippen molar-refractivity contribution in [3.8, 4) is 5.75 Å². The lowest BCUT2D eigenvalue weighted by Gasteiger charge is -2.14. The highest BCUT2D eigenvalue weighted by Crippen LogP contribution is 2.28. The second-order valence-corrected chi connectivity index (χ2v) is 4.18. The summed E-state index contributed by atoms with van der Waals surface area (Å²) in [5, 5.41) is -0.0239. The van der Waals surface area contributed by atoms with Gasteiger partial charge >= 0.3 is 12.3 Å². The summed E-state index contributed by atoms with van der Waals surface area (Å²) in [6, 6.07) is 0.679. The van der Waals surface area contributed by atoms with Crippen LogP contribution in [0.5, 0.6) is 5.75 Å². The Kier molecular flexibility index (Phi) is 5.61. The molecule has 9 heteroatoms. The molecule has 0 spiro atoms. The predicted octanol–water partition coefficient (Wildman–Crippen LogP) is 2.27. The molecule has 0 bridgehead atoms. The molecule has 1 aromatic rings. The Morgan fingerprint density at radius 3 is 2.60 bits per heavy atom. The zero-order valence-electron chi connectivity index (χ0n) is 10.3. The van der Waals surface area contributed by atoms with E-state index in [1.807, 2.05) is 0 Å². The lowest BCUT2D eigenvalue weighted by atomic mass is 10.1. The van der Waals surface area contributed by atoms with E-state index in [0.29, 0.717) is 6.07 Å². The van der Waals surface area contributed by atoms with Crippen molar-refractivity contribution in [3.05, 3.63) is 27.7 Å². The second kappa shape index (κ2) is 6.78. The summed E-state index contributed by atoms with van der Waals surface area (Å²) in [5.74, 6) is -1.30. The summed E-state index contributed by atoms with van der Waals surface area (Å²) < 4.78 is 45.3. The average Bonchev–Trinajstić information content (AvgIpc) is 2.26. The minimum absolute atomic E-state index is 0.0204. The van der Waals surface area contributed by atoms with Crippen molar-refractivity contribution in [1.29, 1.82) is 0 Å². The van der Waals surface area contributed by atoms with E-state index < -0.39 is 23.6 Å². The lowest BCUT2D eigenvalue weighted by Crippen LogP contribution is -2.22. The standard InChI is InChI=1S/C11H11BrF3NO4/c1-2-19-10(18)3-7-6(5-12)8(4-9(17)16-7)20-11(13,14)15/h4H,2-3,5H2,1H3,(H,16,17). The minimum Gasteiger partial charge on any atom is -0.466 e. The van der Waals surface area contributed by atoms with Crippen molar-refractivity contribution in [2.24, 2.45) is 0 Å². The van der Waals surface area contributed by atoms with Crippen molar-refractivity contribution in [1.82, 2.24) is 4.98 Å². The van der Waals surface area contributed by atoms with E-state index >= 15 is 0 Å². The summed E-state index contributed by atoms with van der Waals surface area (Å²) in [7, 11) is 0. The van der Waals surface area contributed by atoms with Gasteiger partial charge < -0.3 is 14.5 Å². The van der Waals surface area contributed by atoms with E-state index in [2.05, 4.69) is 30.4 Å². The number of H-pyrrole nitrogens is 1. The fourth-order valence-electron chi connectivity index (χ4n) is 1.48. The van der Waals surface area contributed by atoms with E-state index in [9.17, 15) is 22.8 Å². The van der Waals surface area contributed by atoms with Gasteiger partial charge in [0, 0.05) is 22.7 Å². The molecule has 1 heterocycles. The first kappa shape index (κ1) is 16.5. The molecule has 0 unspecified atom stereocenters. The van der Waals surface area contributed by atoms with Gasteiger partial charge in [-0.15, -0.1) is 13.2 Å². The zero-order chi connectivity index (χ0) is 15.3. The van der Waals surface area contributed by atoms with Crippen molar-refractivity contribution in [2.45, 2.75) is 25.0 Å². The number of alkyl halides is 4. The molecule has 20 heavy (non-hydrogen) atoms. The third-order valence-electron chi connectivity index (χ3n) is 2.18. The van der Waals surface area contributed by atoms with E-state index in [1.54, 1.807) is 6.92 Å². The van der Waals surface area contributed by atoms with Crippen LogP contribution in [0.2, 0.25) is 0 Å². The molecule has 5 nitrogen and oxygen atoms in total. The van der Waals surface area contributed by atoms with E-state index in [0.717, 1.165) is 0 Å². The molecule has 0 saturated heterocycles. The molecule has 0 atom stereocenters. The monoisotopic (exact) mass is 357 g/mol. The number of rotatable bonds is 5. The highest BCUT2D eigenvalue weighted by Gasteiger charge is 2.33. The maximum absolute atomic E-state index is 12.3. The van der Waals surface area contributed by atoms with E-state index in [4.69, 9.17) is 0 Å². The van der Waals surface area contributed by atoms with Gasteiger partial charge in [-0.3, -0.25) is 9.59 Å². The van der Waals surface area contributed by atoms with Crippen molar-refractivity contribution in [3.63, 3.8) is 0 Å². The van der Waals surface area contributed by atoms with Crippen LogP contribution in [0.25, 0.3) is 0 Å². The van der Waals surface area contributed by atoms with Crippen LogP contribution >= 0.6 is 15.9 Å². The van der Waals surface area contributed by atoms with Gasteiger partial charge in [0.15, 0.2) is 0 Å². The van der Waals surface area contributed by atoms with Crippen LogP contribution in [-0.2, 0) is 21.3 Å². The maximum atomic E-state index is 12.3. The molecule has 0 fully saturated rings. The Morgan fingerprint density at radius 1 is 1.45 bits per heavy atom. The topological polar surface area (TPSA) is 68.4 Å². The first-order valence-electron chi connectivity index (χ1n) is 5.49. The summed E-state index contributed by atoms with van der Waals surface area (Å²) in [6.07, 6.45) is -5.27. The quantitative estimate of drug-likeness (QED) is 0.648. The van der Waals surface area contributed by atoms with Crippen LogP contribution < -0.4 is 10.3 Å². The molecule has 0 amide bonds. The van der Waals surface area contributed by atoms with E-state index in [-0.39, 0.29) is 29.6 Å². The van der Waals surface area contributed by atoms with Gasteiger partial charge in [-0.25, -0.2) is 0 Å². The number of hydrogen-bond acceptors (Lipinski definition) is 4. The summed E-state index contributed by atoms with van der Waals surface area (Å²) in [6.45, 7) is 1.72. The molecule has 112 valence electrons. The average molecular weight is 358 g/mol. The van der Waals surface area contributed by atoms with Crippen molar-refractivity contribution < 1.29 is 27.4 Å². The molecular formula is C11H11BrF3NO4. The largest absolute Gasteiger partial charge is 0.573 e. The lowest BCUT2D eigenvalue weighted by molar-refractivity contribution is -0.274. The number of carbonyl (C=O) groups excluding carboxylic acids is 1. The van der Waals surface area contributed by atoms with Crippen LogP contribution in [0, 0.1) is 0 Å². The molecule has 0 aliphatic heterocycles. The fraction of sp³-hybridized carbons (Fsp3) is 0.455. The van der Waals surface area contributed by atoms with E-state index in [1.165, 1.54) is 0 Å². The molecule has 1 aromatic heterocycles. The number of nitrogens with one attached hydrogen (secondary N) is 1. The smallest absolute Gasteiger partial charge is 0.466 e. The molecule has 0 aromatic carbocycles. The number of ether oxygens (including phenoxy) is 2. The Morgan fingerprint density at radius 2 is 2.10 bits per heavy atom. The van der Waals surface area contributed by atoms with Gasteiger partial charge in [0.1, 0.15) is 5.75 Å². The molecule has 0 aliphatic carbocycles. The number of hydrogen-bond donors (Lipinski definition) is 1. The predicted molar refractivity (Wildman–Crippen MR) is 66.7 cm³/mol. The summed E-state index contributed by atoms with van der Waals surface area (Å²) >= 11 is 3.00. The molecule has 0 saturated carbocycles. The van der Waals surface area contributed by atoms with Crippen molar-refractivity contribution in [2.75, 3.05) is 6.61 Å². The van der Waals surface area contributed by atoms with Gasteiger partial charge in [0.05, 0.1) is 13.0 Å². The summed E-state index contributed by atoms with van der Waals surface area (Å²) in [5.41, 5.74) is -0.740. The maximum Gasteiger partial charge on any atom is 0.573 e. The van der Waals surface area contributed by atoms with Crippen molar-refractivity contribution >= 4 is 21.9 Å². The van der Waals surface area contributed by atoms with Gasteiger partial charge in [0.25, 0.3) is 5.56 Å².